The molecule has 0 saturated carbocycles. The summed E-state index contributed by atoms with van der Waals surface area (Å²) in [5, 5.41) is 0. The molecule has 0 aromatic carbocycles. The van der Waals surface area contributed by atoms with Crippen molar-refractivity contribution in [2.45, 2.75) is 40.5 Å². The highest BCUT2D eigenvalue weighted by Crippen LogP contribution is 2.07. The molecular formula is C10H18. The van der Waals surface area contributed by atoms with E-state index in [0.29, 0.717) is 0 Å². The van der Waals surface area contributed by atoms with Crippen LogP contribution in [0.15, 0.2) is 23.3 Å². The predicted molar refractivity (Wildman–Crippen MR) is 48.1 cm³/mol. The van der Waals surface area contributed by atoms with Gasteiger partial charge in [-0.05, 0) is 33.6 Å². The first-order valence-electron chi connectivity index (χ1n) is 3.96. The molecular weight excluding hydrogens is 120 g/mol. The van der Waals surface area contributed by atoms with Gasteiger partial charge in [-0.15, -0.1) is 0 Å². The molecule has 0 bridgehead atoms. The minimum absolute atomic E-state index is 1.12. The standard InChI is InChI=1S/C10H18/c1-5-6-7-8-10(4)9(2)3/h6-7H,5,8H2,1-4H3. The van der Waals surface area contributed by atoms with Crippen LogP contribution in [-0.2, 0) is 0 Å². The van der Waals surface area contributed by atoms with Crippen molar-refractivity contribution in [1.82, 2.24) is 0 Å². The fourth-order valence-corrected chi connectivity index (χ4v) is 0.631. The van der Waals surface area contributed by atoms with Gasteiger partial charge in [0.2, 0.25) is 0 Å². The molecule has 0 amide bonds. The quantitative estimate of drug-likeness (QED) is 0.522. The van der Waals surface area contributed by atoms with E-state index >= 15 is 0 Å². The topological polar surface area (TPSA) is 0 Å². The molecule has 0 heterocycles. The molecule has 0 aromatic rings. The SMILES string of the molecule is CCC=CCC(C)=C(C)C. The van der Waals surface area contributed by atoms with Gasteiger partial charge in [-0.25, -0.2) is 0 Å². The molecule has 0 radical (unpaired) electrons. The van der Waals surface area contributed by atoms with Crippen LogP contribution in [0.1, 0.15) is 40.5 Å². The van der Waals surface area contributed by atoms with Crippen molar-refractivity contribution in [3.05, 3.63) is 23.3 Å². The molecule has 0 heteroatoms. The number of rotatable bonds is 3. The number of hydrogen-bond donors (Lipinski definition) is 0. The molecule has 0 spiro atoms. The van der Waals surface area contributed by atoms with Crippen molar-refractivity contribution in [3.8, 4) is 0 Å². The average molecular weight is 138 g/mol. The van der Waals surface area contributed by atoms with E-state index in [1.54, 1.807) is 0 Å². The van der Waals surface area contributed by atoms with Crippen LogP contribution in [0.4, 0.5) is 0 Å². The van der Waals surface area contributed by atoms with Crippen molar-refractivity contribution in [1.29, 1.82) is 0 Å². The van der Waals surface area contributed by atoms with Gasteiger partial charge in [0.1, 0.15) is 0 Å². The Kier molecular flexibility index (Phi) is 5.00. The molecule has 0 nitrogen and oxygen atoms in total. The fraction of sp³-hybridized carbons (Fsp3) is 0.600. The maximum atomic E-state index is 2.24. The van der Waals surface area contributed by atoms with Crippen molar-refractivity contribution in [2.75, 3.05) is 0 Å². The van der Waals surface area contributed by atoms with Gasteiger partial charge in [-0.2, -0.15) is 0 Å². The molecule has 0 saturated heterocycles. The van der Waals surface area contributed by atoms with Crippen LogP contribution < -0.4 is 0 Å². The zero-order chi connectivity index (χ0) is 7.98. The summed E-state index contributed by atoms with van der Waals surface area (Å²) in [6, 6.07) is 0. The molecule has 10 heavy (non-hydrogen) atoms. The third kappa shape index (κ3) is 4.37. The predicted octanol–water partition coefficient (Wildman–Crippen LogP) is 3.70. The first kappa shape index (κ1) is 9.48. The minimum atomic E-state index is 1.12. The zero-order valence-corrected chi connectivity index (χ0v) is 7.57. The van der Waals surface area contributed by atoms with Gasteiger partial charge < -0.3 is 0 Å². The third-order valence-corrected chi connectivity index (χ3v) is 1.68. The Balaban J connectivity index is 3.70. The summed E-state index contributed by atoms with van der Waals surface area (Å²) in [7, 11) is 0. The van der Waals surface area contributed by atoms with Crippen molar-refractivity contribution in [2.24, 2.45) is 0 Å². The van der Waals surface area contributed by atoms with Crippen LogP contribution in [0.5, 0.6) is 0 Å². The molecule has 0 aliphatic carbocycles. The minimum Gasteiger partial charge on any atom is -0.0885 e. The number of allylic oxidation sites excluding steroid dienone is 4. The summed E-state index contributed by atoms with van der Waals surface area (Å²) in [4.78, 5) is 0. The van der Waals surface area contributed by atoms with E-state index in [4.69, 9.17) is 0 Å². The molecule has 0 aliphatic rings. The van der Waals surface area contributed by atoms with Gasteiger partial charge in [0.25, 0.3) is 0 Å². The Bertz CT molecular complexity index is 134. The normalized spacial score (nSPS) is 10.4. The van der Waals surface area contributed by atoms with Gasteiger partial charge in [-0.1, -0.05) is 30.2 Å². The van der Waals surface area contributed by atoms with Crippen LogP contribution >= 0.6 is 0 Å². The van der Waals surface area contributed by atoms with Crippen molar-refractivity contribution >= 4 is 0 Å². The maximum Gasteiger partial charge on any atom is -0.0139 e. The van der Waals surface area contributed by atoms with Crippen LogP contribution in [0, 0.1) is 0 Å². The lowest BCUT2D eigenvalue weighted by molar-refractivity contribution is 1.11. The first-order chi connectivity index (χ1) is 4.68. The van der Waals surface area contributed by atoms with E-state index in [1.165, 1.54) is 11.1 Å². The monoisotopic (exact) mass is 138 g/mol. The lowest BCUT2D eigenvalue weighted by atomic mass is 10.1. The van der Waals surface area contributed by atoms with Crippen LogP contribution in [0.3, 0.4) is 0 Å². The van der Waals surface area contributed by atoms with E-state index in [0.717, 1.165) is 12.8 Å². The molecule has 58 valence electrons. The van der Waals surface area contributed by atoms with Gasteiger partial charge >= 0.3 is 0 Å². The summed E-state index contributed by atoms with van der Waals surface area (Å²) in [6.07, 6.45) is 6.72. The highest BCUT2D eigenvalue weighted by Gasteiger charge is 1.86. The van der Waals surface area contributed by atoms with Gasteiger partial charge in [0, 0.05) is 0 Å². The molecule has 0 unspecified atom stereocenters. The Morgan fingerprint density at radius 3 is 2.10 bits per heavy atom. The maximum absolute atomic E-state index is 2.24. The van der Waals surface area contributed by atoms with Crippen LogP contribution in [0.25, 0.3) is 0 Å². The van der Waals surface area contributed by atoms with Gasteiger partial charge in [-0.3, -0.25) is 0 Å². The Hall–Kier alpha value is -0.520. The third-order valence-electron chi connectivity index (χ3n) is 1.68. The van der Waals surface area contributed by atoms with Crippen LogP contribution in [0.2, 0.25) is 0 Å². The first-order valence-corrected chi connectivity index (χ1v) is 3.96. The lowest BCUT2D eigenvalue weighted by Crippen LogP contribution is -1.76. The van der Waals surface area contributed by atoms with Crippen molar-refractivity contribution < 1.29 is 0 Å². The highest BCUT2D eigenvalue weighted by molar-refractivity contribution is 5.10. The van der Waals surface area contributed by atoms with Crippen molar-refractivity contribution in [3.63, 3.8) is 0 Å². The van der Waals surface area contributed by atoms with E-state index < -0.39 is 0 Å². The highest BCUT2D eigenvalue weighted by atomic mass is 13.9. The van der Waals surface area contributed by atoms with Gasteiger partial charge in [0.05, 0.1) is 0 Å². The average Bonchev–Trinajstić information content (AvgIpc) is 1.88. The van der Waals surface area contributed by atoms with Gasteiger partial charge in [0.15, 0.2) is 0 Å². The smallest absolute Gasteiger partial charge is 0.0139 e. The Morgan fingerprint density at radius 1 is 1.10 bits per heavy atom. The Labute approximate surface area is 64.6 Å². The molecule has 0 N–H and O–H groups in total. The summed E-state index contributed by atoms with van der Waals surface area (Å²) >= 11 is 0. The second kappa shape index (κ2) is 5.28. The molecule has 0 aromatic heterocycles. The number of hydrogen-bond acceptors (Lipinski definition) is 0. The van der Waals surface area contributed by atoms with E-state index in [2.05, 4.69) is 39.8 Å². The lowest BCUT2D eigenvalue weighted by Gasteiger charge is -1.97. The summed E-state index contributed by atoms with van der Waals surface area (Å²) in [6.45, 7) is 8.67. The van der Waals surface area contributed by atoms with E-state index in [1.807, 2.05) is 0 Å². The summed E-state index contributed by atoms with van der Waals surface area (Å²) in [5.41, 5.74) is 2.94. The Morgan fingerprint density at radius 2 is 1.70 bits per heavy atom. The molecule has 0 fully saturated rings. The summed E-state index contributed by atoms with van der Waals surface area (Å²) in [5.74, 6) is 0. The van der Waals surface area contributed by atoms with Crippen LogP contribution in [-0.4, -0.2) is 0 Å². The second-order valence-corrected chi connectivity index (χ2v) is 2.86. The molecule has 0 rings (SSSR count). The largest absolute Gasteiger partial charge is 0.0885 e. The molecule has 0 aliphatic heterocycles. The van der Waals surface area contributed by atoms with E-state index in [9.17, 15) is 0 Å². The van der Waals surface area contributed by atoms with E-state index in [-0.39, 0.29) is 0 Å². The summed E-state index contributed by atoms with van der Waals surface area (Å²) < 4.78 is 0. The second-order valence-electron chi connectivity index (χ2n) is 2.86. The zero-order valence-electron chi connectivity index (χ0n) is 7.57. The molecule has 0 atom stereocenters. The fourth-order valence-electron chi connectivity index (χ4n) is 0.631.